The van der Waals surface area contributed by atoms with Crippen LogP contribution >= 0.6 is 11.6 Å². The van der Waals surface area contributed by atoms with Crippen LogP contribution in [0, 0.1) is 6.92 Å². The van der Waals surface area contributed by atoms with Gasteiger partial charge >= 0.3 is 6.29 Å². The topological polar surface area (TPSA) is 43.4 Å². The van der Waals surface area contributed by atoms with Crippen molar-refractivity contribution in [3.05, 3.63) is 35.0 Å². The number of allylic oxidation sites excluding steroid dienone is 1. The van der Waals surface area contributed by atoms with Crippen molar-refractivity contribution in [2.45, 2.75) is 33.3 Å². The molecule has 0 saturated carbocycles. The van der Waals surface area contributed by atoms with Gasteiger partial charge in [-0.15, -0.1) is 8.78 Å². The smallest absolute Gasteiger partial charge is 0.345 e. The number of hydrogen-bond acceptors (Lipinski definition) is 4. The number of hydrogen-bond donors (Lipinski definition) is 1. The Balaban J connectivity index is 2.53. The van der Waals surface area contributed by atoms with Gasteiger partial charge in [-0.3, -0.25) is 9.47 Å². The molecule has 0 aromatic carbocycles. The first-order valence-corrected chi connectivity index (χ1v) is 6.42. The van der Waals surface area contributed by atoms with Gasteiger partial charge in [-0.25, -0.2) is 4.98 Å². The first-order valence-electron chi connectivity index (χ1n) is 6.04. The Morgan fingerprint density at radius 1 is 1.50 bits per heavy atom. The molecular weight excluding hydrogens is 290 g/mol. The van der Waals surface area contributed by atoms with Crippen LogP contribution in [-0.2, 0) is 9.47 Å². The maximum absolute atomic E-state index is 13.3. The Morgan fingerprint density at radius 3 is 2.80 bits per heavy atom. The number of nitrogens with one attached hydrogen (secondary N) is 1. The minimum Gasteiger partial charge on any atom is -0.345 e. The number of anilines is 1. The van der Waals surface area contributed by atoms with Gasteiger partial charge in [-0.05, 0) is 32.4 Å². The van der Waals surface area contributed by atoms with Crippen LogP contribution in [-0.4, -0.2) is 24.1 Å². The predicted molar refractivity (Wildman–Crippen MR) is 73.9 cm³/mol. The van der Waals surface area contributed by atoms with E-state index in [1.54, 1.807) is 32.1 Å². The second-order valence-corrected chi connectivity index (χ2v) is 4.41. The van der Waals surface area contributed by atoms with Gasteiger partial charge in [0, 0.05) is 0 Å². The van der Waals surface area contributed by atoms with Gasteiger partial charge in [-0.2, -0.15) is 0 Å². The second-order valence-electron chi connectivity index (χ2n) is 4.05. The summed E-state index contributed by atoms with van der Waals surface area (Å²) in [6, 6.07) is 3.35. The molecule has 0 saturated heterocycles. The standard InChI is InChI=1S/C13H17ClF2N2O2/c1-4-5-8-19-13(15,16)20-10(3)17-11-7-6-9(2)12(14)18-11/h4-7,10H,8H2,1-3H3,(H,17,18)/b5-4-. The highest BCUT2D eigenvalue weighted by Gasteiger charge is 2.34. The highest BCUT2D eigenvalue weighted by atomic mass is 35.5. The van der Waals surface area contributed by atoms with Crippen molar-refractivity contribution in [2.24, 2.45) is 0 Å². The maximum Gasteiger partial charge on any atom is 0.487 e. The predicted octanol–water partition coefficient (Wildman–Crippen LogP) is 3.96. The number of nitrogens with zero attached hydrogens (tertiary/aromatic N) is 1. The van der Waals surface area contributed by atoms with Gasteiger partial charge in [-0.1, -0.05) is 29.8 Å². The van der Waals surface area contributed by atoms with E-state index in [9.17, 15) is 8.78 Å². The monoisotopic (exact) mass is 306 g/mol. The lowest BCUT2D eigenvalue weighted by Gasteiger charge is -2.21. The van der Waals surface area contributed by atoms with Crippen molar-refractivity contribution >= 4 is 17.4 Å². The summed E-state index contributed by atoms with van der Waals surface area (Å²) in [6.45, 7) is 4.69. The molecule has 1 rings (SSSR count). The van der Waals surface area contributed by atoms with Gasteiger partial charge < -0.3 is 5.32 Å². The molecule has 0 aliphatic heterocycles. The minimum atomic E-state index is -3.68. The number of aryl methyl sites for hydroxylation is 1. The lowest BCUT2D eigenvalue weighted by molar-refractivity contribution is -0.398. The number of rotatable bonds is 7. The van der Waals surface area contributed by atoms with E-state index in [1.165, 1.54) is 13.0 Å². The van der Waals surface area contributed by atoms with E-state index in [0.717, 1.165) is 5.56 Å². The number of aromatic nitrogens is 1. The van der Waals surface area contributed by atoms with Crippen LogP contribution in [0.2, 0.25) is 5.15 Å². The third kappa shape index (κ3) is 5.81. The third-order valence-corrected chi connectivity index (χ3v) is 2.67. The number of alkyl halides is 2. The van der Waals surface area contributed by atoms with Crippen molar-refractivity contribution in [1.82, 2.24) is 4.98 Å². The first kappa shape index (κ1) is 16.8. The lowest BCUT2D eigenvalue weighted by Crippen LogP contribution is -2.33. The van der Waals surface area contributed by atoms with E-state index in [-0.39, 0.29) is 6.61 Å². The molecule has 20 heavy (non-hydrogen) atoms. The minimum absolute atomic E-state index is 0.231. The molecule has 1 unspecified atom stereocenters. The van der Waals surface area contributed by atoms with Crippen LogP contribution in [0.1, 0.15) is 19.4 Å². The Labute approximate surface area is 121 Å². The van der Waals surface area contributed by atoms with E-state index >= 15 is 0 Å². The summed E-state index contributed by atoms with van der Waals surface area (Å²) < 4.78 is 35.3. The summed E-state index contributed by atoms with van der Waals surface area (Å²) in [5, 5.41) is 2.96. The molecule has 0 radical (unpaired) electrons. The van der Waals surface area contributed by atoms with Crippen molar-refractivity contribution in [3.8, 4) is 0 Å². The Kier molecular flexibility index (Phi) is 6.32. The molecule has 0 fully saturated rings. The van der Waals surface area contributed by atoms with Crippen LogP contribution in [0.25, 0.3) is 0 Å². The molecule has 4 nitrogen and oxygen atoms in total. The maximum atomic E-state index is 13.3. The molecule has 7 heteroatoms. The third-order valence-electron chi connectivity index (χ3n) is 2.28. The highest BCUT2D eigenvalue weighted by Crippen LogP contribution is 2.21. The van der Waals surface area contributed by atoms with Crippen molar-refractivity contribution < 1.29 is 18.3 Å². The van der Waals surface area contributed by atoms with E-state index in [2.05, 4.69) is 19.8 Å². The average molecular weight is 307 g/mol. The Bertz CT molecular complexity index is 470. The zero-order valence-electron chi connectivity index (χ0n) is 11.5. The molecule has 1 atom stereocenters. The van der Waals surface area contributed by atoms with Crippen molar-refractivity contribution in [2.75, 3.05) is 11.9 Å². The average Bonchev–Trinajstić information content (AvgIpc) is 2.33. The van der Waals surface area contributed by atoms with Gasteiger partial charge in [0.15, 0.2) is 0 Å². The fourth-order valence-electron chi connectivity index (χ4n) is 1.30. The Hall–Kier alpha value is -1.24. The van der Waals surface area contributed by atoms with Crippen LogP contribution < -0.4 is 5.32 Å². The quantitative estimate of drug-likeness (QED) is 0.470. The summed E-state index contributed by atoms with van der Waals surface area (Å²) in [7, 11) is 0. The molecule has 1 aromatic heterocycles. The summed E-state index contributed by atoms with van der Waals surface area (Å²) in [5.41, 5.74) is 0.797. The van der Waals surface area contributed by atoms with Gasteiger partial charge in [0.1, 0.15) is 17.2 Å². The SMILES string of the molecule is C/C=C\COC(F)(F)OC(C)Nc1ccc(C)c(Cl)n1. The summed E-state index contributed by atoms with van der Waals surface area (Å²) in [5.74, 6) is 0.345. The largest absolute Gasteiger partial charge is 0.487 e. The molecule has 112 valence electrons. The lowest BCUT2D eigenvalue weighted by atomic mass is 10.3. The molecule has 1 heterocycles. The fraction of sp³-hybridized carbons (Fsp3) is 0.462. The van der Waals surface area contributed by atoms with Crippen molar-refractivity contribution in [3.63, 3.8) is 0 Å². The Morgan fingerprint density at radius 2 is 2.20 bits per heavy atom. The second kappa shape index (κ2) is 7.52. The molecule has 0 bridgehead atoms. The number of ether oxygens (including phenoxy) is 2. The summed E-state index contributed by atoms with van der Waals surface area (Å²) >= 11 is 5.84. The van der Waals surface area contributed by atoms with E-state index < -0.39 is 12.5 Å². The summed E-state index contributed by atoms with van der Waals surface area (Å²) in [6.07, 6.45) is -1.62. The molecular formula is C13H17ClF2N2O2. The zero-order chi connectivity index (χ0) is 15.2. The zero-order valence-corrected chi connectivity index (χ0v) is 12.2. The van der Waals surface area contributed by atoms with Crippen LogP contribution in [0.15, 0.2) is 24.3 Å². The molecule has 0 aliphatic rings. The van der Waals surface area contributed by atoms with E-state index in [1.807, 2.05) is 0 Å². The number of halogens is 3. The normalized spacial score (nSPS) is 13.7. The number of pyridine rings is 1. The molecule has 1 aromatic rings. The molecule has 0 amide bonds. The molecule has 0 aliphatic carbocycles. The van der Waals surface area contributed by atoms with E-state index in [4.69, 9.17) is 11.6 Å². The van der Waals surface area contributed by atoms with Gasteiger partial charge in [0.05, 0.1) is 6.61 Å². The van der Waals surface area contributed by atoms with Gasteiger partial charge in [0.2, 0.25) is 0 Å². The summed E-state index contributed by atoms with van der Waals surface area (Å²) in [4.78, 5) is 4.00. The molecule has 1 N–H and O–H groups in total. The van der Waals surface area contributed by atoms with E-state index in [0.29, 0.717) is 11.0 Å². The van der Waals surface area contributed by atoms with Crippen LogP contribution in [0.3, 0.4) is 0 Å². The molecule has 0 spiro atoms. The first-order chi connectivity index (χ1) is 9.34. The highest BCUT2D eigenvalue weighted by molar-refractivity contribution is 6.30. The van der Waals surface area contributed by atoms with Crippen LogP contribution in [0.4, 0.5) is 14.6 Å². The fourth-order valence-corrected chi connectivity index (χ4v) is 1.46. The van der Waals surface area contributed by atoms with Crippen molar-refractivity contribution in [1.29, 1.82) is 0 Å². The van der Waals surface area contributed by atoms with Gasteiger partial charge in [0.25, 0.3) is 0 Å². The van der Waals surface area contributed by atoms with Crippen LogP contribution in [0.5, 0.6) is 0 Å².